The molecule has 6 heteroatoms. The number of ether oxygens (including phenoxy) is 1. The quantitative estimate of drug-likeness (QED) is 0.515. The summed E-state index contributed by atoms with van der Waals surface area (Å²) in [6.45, 7) is 0.643. The monoisotopic (exact) mass is 244 g/mol. The first kappa shape index (κ1) is 11.6. The average Bonchev–Trinajstić information content (AvgIpc) is 2.87. The lowest BCUT2D eigenvalue weighted by Gasteiger charge is -2.15. The largest absolute Gasteiger partial charge is 0.365 e. The van der Waals surface area contributed by atoms with Gasteiger partial charge in [0.2, 0.25) is 11.8 Å². The molecule has 3 aliphatic heterocycles. The molecule has 16 heavy (non-hydrogen) atoms. The van der Waals surface area contributed by atoms with Crippen molar-refractivity contribution < 1.29 is 14.3 Å². The summed E-state index contributed by atoms with van der Waals surface area (Å²) in [7, 11) is 0. The van der Waals surface area contributed by atoms with Crippen molar-refractivity contribution in [2.24, 2.45) is 17.6 Å². The van der Waals surface area contributed by atoms with E-state index in [0.717, 1.165) is 0 Å². The predicted octanol–water partition coefficient (Wildman–Crippen LogP) is -0.695. The van der Waals surface area contributed by atoms with E-state index < -0.39 is 0 Å². The Morgan fingerprint density at radius 3 is 2.12 bits per heavy atom. The number of nitrogens with zero attached hydrogens (tertiary/aromatic N) is 1. The number of halogens is 1. The van der Waals surface area contributed by atoms with Crippen LogP contribution in [0.25, 0.3) is 0 Å². The smallest absolute Gasteiger partial charge is 0.236 e. The fraction of sp³-hybridized carbons (Fsp3) is 0.600. The van der Waals surface area contributed by atoms with Crippen LogP contribution in [0, 0.1) is 11.8 Å². The molecule has 0 spiro atoms. The SMILES string of the molecule is Cl.NCCN1C(=O)C2C3C=CC(O3)C2C1=O. The van der Waals surface area contributed by atoms with E-state index in [2.05, 4.69) is 0 Å². The fourth-order valence-corrected chi connectivity index (χ4v) is 2.71. The Hall–Kier alpha value is -0.910. The fourth-order valence-electron chi connectivity index (χ4n) is 2.71. The Balaban J connectivity index is 0.000000963. The molecule has 5 nitrogen and oxygen atoms in total. The summed E-state index contributed by atoms with van der Waals surface area (Å²) >= 11 is 0. The third-order valence-corrected chi connectivity index (χ3v) is 3.35. The van der Waals surface area contributed by atoms with Crippen LogP contribution in [0.2, 0.25) is 0 Å². The molecule has 4 unspecified atom stereocenters. The molecule has 88 valence electrons. The van der Waals surface area contributed by atoms with Gasteiger partial charge in [-0.3, -0.25) is 14.5 Å². The lowest BCUT2D eigenvalue weighted by Crippen LogP contribution is -2.37. The maximum Gasteiger partial charge on any atom is 0.236 e. The van der Waals surface area contributed by atoms with E-state index in [4.69, 9.17) is 10.5 Å². The van der Waals surface area contributed by atoms with Crippen LogP contribution in [0.5, 0.6) is 0 Å². The van der Waals surface area contributed by atoms with Gasteiger partial charge in [-0.2, -0.15) is 0 Å². The number of fused-ring (bicyclic) bond motifs is 5. The Kier molecular flexibility index (Phi) is 2.77. The zero-order valence-electron chi connectivity index (χ0n) is 8.54. The predicted molar refractivity (Wildman–Crippen MR) is 57.8 cm³/mol. The molecular weight excluding hydrogens is 232 g/mol. The van der Waals surface area contributed by atoms with Gasteiger partial charge in [0.05, 0.1) is 24.0 Å². The number of hydrogen-bond donors (Lipinski definition) is 1. The highest BCUT2D eigenvalue weighted by atomic mass is 35.5. The topological polar surface area (TPSA) is 72.6 Å². The summed E-state index contributed by atoms with van der Waals surface area (Å²) in [6, 6.07) is 0. The number of carbonyl (C=O) groups is 2. The Labute approximate surface area is 99.0 Å². The molecule has 4 atom stereocenters. The minimum atomic E-state index is -0.293. The Morgan fingerprint density at radius 2 is 1.69 bits per heavy atom. The van der Waals surface area contributed by atoms with Crippen LogP contribution in [-0.4, -0.2) is 42.0 Å². The summed E-state index contributed by atoms with van der Waals surface area (Å²) in [5.74, 6) is -0.822. The summed E-state index contributed by atoms with van der Waals surface area (Å²) in [5, 5.41) is 0. The van der Waals surface area contributed by atoms with E-state index in [0.29, 0.717) is 13.1 Å². The van der Waals surface area contributed by atoms with Gasteiger partial charge in [-0.25, -0.2) is 0 Å². The first-order valence-electron chi connectivity index (χ1n) is 5.13. The van der Waals surface area contributed by atoms with Crippen LogP contribution in [-0.2, 0) is 14.3 Å². The number of likely N-dealkylation sites (tertiary alicyclic amines) is 1. The lowest BCUT2D eigenvalue weighted by atomic mass is 9.85. The van der Waals surface area contributed by atoms with Gasteiger partial charge in [-0.1, -0.05) is 12.2 Å². The minimum absolute atomic E-state index is 0. The molecule has 3 heterocycles. The van der Waals surface area contributed by atoms with E-state index >= 15 is 0 Å². The lowest BCUT2D eigenvalue weighted by molar-refractivity contribution is -0.142. The van der Waals surface area contributed by atoms with Crippen LogP contribution >= 0.6 is 12.4 Å². The molecule has 2 saturated heterocycles. The molecule has 0 radical (unpaired) electrons. The van der Waals surface area contributed by atoms with Crippen LogP contribution in [0.1, 0.15) is 0 Å². The van der Waals surface area contributed by atoms with Crippen molar-refractivity contribution in [3.8, 4) is 0 Å². The van der Waals surface area contributed by atoms with Gasteiger partial charge in [-0.05, 0) is 0 Å². The maximum atomic E-state index is 11.9. The molecule has 3 rings (SSSR count). The molecule has 2 amide bonds. The first-order valence-corrected chi connectivity index (χ1v) is 5.13. The summed E-state index contributed by atoms with van der Waals surface area (Å²) in [5.41, 5.74) is 5.38. The van der Waals surface area contributed by atoms with E-state index in [1.807, 2.05) is 12.2 Å². The summed E-state index contributed by atoms with van der Waals surface area (Å²) in [6.07, 6.45) is 3.37. The van der Waals surface area contributed by atoms with Gasteiger partial charge in [0, 0.05) is 13.1 Å². The molecule has 2 fully saturated rings. The number of imide groups is 1. The van der Waals surface area contributed by atoms with Crippen molar-refractivity contribution in [3.05, 3.63) is 12.2 Å². The van der Waals surface area contributed by atoms with Crippen molar-refractivity contribution in [2.45, 2.75) is 12.2 Å². The van der Waals surface area contributed by atoms with E-state index in [1.165, 1.54) is 4.90 Å². The number of nitrogens with two attached hydrogens (primary N) is 1. The molecule has 0 aromatic carbocycles. The third-order valence-electron chi connectivity index (χ3n) is 3.35. The number of hydrogen-bond acceptors (Lipinski definition) is 4. The van der Waals surface area contributed by atoms with E-state index in [1.54, 1.807) is 0 Å². The van der Waals surface area contributed by atoms with Crippen molar-refractivity contribution in [1.29, 1.82) is 0 Å². The van der Waals surface area contributed by atoms with Gasteiger partial charge >= 0.3 is 0 Å². The average molecular weight is 245 g/mol. The van der Waals surface area contributed by atoms with E-state index in [9.17, 15) is 9.59 Å². The van der Waals surface area contributed by atoms with Crippen molar-refractivity contribution in [2.75, 3.05) is 13.1 Å². The van der Waals surface area contributed by atoms with Gasteiger partial charge in [0.25, 0.3) is 0 Å². The van der Waals surface area contributed by atoms with Gasteiger partial charge in [-0.15, -0.1) is 12.4 Å². The maximum absolute atomic E-state index is 11.9. The summed E-state index contributed by atoms with van der Waals surface area (Å²) in [4.78, 5) is 25.1. The number of rotatable bonds is 2. The molecule has 3 aliphatic rings. The zero-order chi connectivity index (χ0) is 10.6. The second kappa shape index (κ2) is 3.84. The first-order chi connectivity index (χ1) is 7.24. The van der Waals surface area contributed by atoms with Crippen LogP contribution in [0.4, 0.5) is 0 Å². The molecule has 0 aromatic rings. The van der Waals surface area contributed by atoms with Gasteiger partial charge in [0.1, 0.15) is 0 Å². The Bertz CT molecular complexity index is 341. The van der Waals surface area contributed by atoms with Crippen molar-refractivity contribution in [1.82, 2.24) is 4.90 Å². The second-order valence-electron chi connectivity index (χ2n) is 4.12. The van der Waals surface area contributed by atoms with Gasteiger partial charge in [0.15, 0.2) is 0 Å². The zero-order valence-corrected chi connectivity index (χ0v) is 9.35. The van der Waals surface area contributed by atoms with Gasteiger partial charge < -0.3 is 10.5 Å². The van der Waals surface area contributed by atoms with Crippen molar-refractivity contribution >= 4 is 24.2 Å². The highest BCUT2D eigenvalue weighted by molar-refractivity contribution is 6.06. The van der Waals surface area contributed by atoms with Crippen LogP contribution < -0.4 is 5.73 Å². The number of carbonyl (C=O) groups excluding carboxylic acids is 2. The normalized spacial score (nSPS) is 39.2. The second-order valence-corrected chi connectivity index (χ2v) is 4.12. The molecule has 0 aliphatic carbocycles. The standard InChI is InChI=1S/C10H12N2O3.ClH/c11-3-4-12-9(13)7-5-1-2-6(15-5)8(7)10(12)14;/h1-2,5-8H,3-4,11H2;1H. The highest BCUT2D eigenvalue weighted by Gasteiger charge is 2.60. The van der Waals surface area contributed by atoms with Crippen LogP contribution in [0.3, 0.4) is 0 Å². The number of amides is 2. The molecule has 0 saturated carbocycles. The Morgan fingerprint density at radius 1 is 1.19 bits per heavy atom. The molecular formula is C10H13ClN2O3. The summed E-state index contributed by atoms with van der Waals surface area (Å²) < 4.78 is 5.50. The molecule has 2 bridgehead atoms. The minimum Gasteiger partial charge on any atom is -0.365 e. The van der Waals surface area contributed by atoms with Crippen molar-refractivity contribution in [3.63, 3.8) is 0 Å². The third kappa shape index (κ3) is 1.25. The molecule has 0 aromatic heterocycles. The highest BCUT2D eigenvalue weighted by Crippen LogP contribution is 2.44. The van der Waals surface area contributed by atoms with Crippen LogP contribution in [0.15, 0.2) is 12.2 Å². The van der Waals surface area contributed by atoms with E-state index in [-0.39, 0.29) is 48.3 Å². The molecule has 2 N–H and O–H groups in total.